The summed E-state index contributed by atoms with van der Waals surface area (Å²) >= 11 is 0. The largest absolute Gasteiger partial charge is 0.461 e. The van der Waals surface area contributed by atoms with Gasteiger partial charge in [0.25, 0.3) is 5.09 Å². The second-order valence-corrected chi connectivity index (χ2v) is 3.31. The molecule has 0 aliphatic rings. The van der Waals surface area contributed by atoms with Crippen molar-refractivity contribution in [3.63, 3.8) is 0 Å². The van der Waals surface area contributed by atoms with Crippen LogP contribution >= 0.6 is 0 Å². The lowest BCUT2D eigenvalue weighted by Gasteiger charge is -2.04. The molecule has 0 fully saturated rings. The SMILES string of the molecule is O=C(CCCO[N+](=O)[O-])OCc1ccccc1. The molecule has 0 amide bonds. The summed E-state index contributed by atoms with van der Waals surface area (Å²) in [5.74, 6) is -0.388. The van der Waals surface area contributed by atoms with Crippen LogP contribution in [0.5, 0.6) is 0 Å². The summed E-state index contributed by atoms with van der Waals surface area (Å²) in [5, 5.41) is 8.94. The van der Waals surface area contributed by atoms with Crippen LogP contribution in [0.2, 0.25) is 0 Å². The number of hydrogen-bond donors (Lipinski definition) is 0. The summed E-state index contributed by atoms with van der Waals surface area (Å²) < 4.78 is 4.97. The molecule has 0 aromatic heterocycles. The first-order valence-corrected chi connectivity index (χ1v) is 5.15. The summed E-state index contributed by atoms with van der Waals surface area (Å²) in [6.07, 6.45) is 0.384. The van der Waals surface area contributed by atoms with Gasteiger partial charge in [-0.05, 0) is 12.0 Å². The molecule has 1 rings (SSSR count). The highest BCUT2D eigenvalue weighted by atomic mass is 16.9. The molecule has 0 spiro atoms. The third-order valence-corrected chi connectivity index (χ3v) is 1.96. The number of rotatable bonds is 7. The summed E-state index contributed by atoms with van der Waals surface area (Å²) in [5.41, 5.74) is 0.905. The van der Waals surface area contributed by atoms with Crippen molar-refractivity contribution >= 4 is 5.97 Å². The van der Waals surface area contributed by atoms with Crippen LogP contribution in [0.3, 0.4) is 0 Å². The van der Waals surface area contributed by atoms with Crippen LogP contribution in [0.4, 0.5) is 0 Å². The van der Waals surface area contributed by atoms with Crippen LogP contribution in [-0.2, 0) is 21.0 Å². The third kappa shape index (κ3) is 6.14. The Bertz CT molecular complexity index is 365. The summed E-state index contributed by atoms with van der Waals surface area (Å²) in [4.78, 5) is 25.1. The van der Waals surface area contributed by atoms with Gasteiger partial charge in [-0.15, -0.1) is 10.1 Å². The topological polar surface area (TPSA) is 78.7 Å². The molecular weight excluding hydrogens is 226 g/mol. The molecule has 1 aromatic carbocycles. The molecule has 0 aliphatic heterocycles. The lowest BCUT2D eigenvalue weighted by atomic mass is 10.2. The molecule has 0 unspecified atom stereocenters. The quantitative estimate of drug-likeness (QED) is 0.313. The highest BCUT2D eigenvalue weighted by molar-refractivity contribution is 5.69. The number of carbonyl (C=O) groups excluding carboxylic acids is 1. The Labute approximate surface area is 98.3 Å². The highest BCUT2D eigenvalue weighted by Gasteiger charge is 2.04. The van der Waals surface area contributed by atoms with E-state index in [1.807, 2.05) is 30.3 Å². The van der Waals surface area contributed by atoms with E-state index in [1.165, 1.54) is 0 Å². The average molecular weight is 239 g/mol. The molecule has 17 heavy (non-hydrogen) atoms. The standard InChI is InChI=1S/C11H13NO5/c13-11(7-4-8-17-12(14)15)16-9-10-5-2-1-3-6-10/h1-3,5-6H,4,7-9H2. The van der Waals surface area contributed by atoms with Crippen LogP contribution in [0, 0.1) is 10.1 Å². The fourth-order valence-electron chi connectivity index (χ4n) is 1.17. The fraction of sp³-hybridized carbons (Fsp3) is 0.364. The average Bonchev–Trinajstić information content (AvgIpc) is 2.33. The zero-order valence-corrected chi connectivity index (χ0v) is 9.20. The molecule has 6 heteroatoms. The molecule has 0 bridgehead atoms. The van der Waals surface area contributed by atoms with Crippen LogP contribution in [-0.4, -0.2) is 17.7 Å². The van der Waals surface area contributed by atoms with E-state index in [0.29, 0.717) is 0 Å². The lowest BCUT2D eigenvalue weighted by Crippen LogP contribution is -2.08. The highest BCUT2D eigenvalue weighted by Crippen LogP contribution is 2.02. The van der Waals surface area contributed by atoms with Crippen LogP contribution in [0.15, 0.2) is 30.3 Å². The normalized spacial score (nSPS) is 9.65. The molecular formula is C11H13NO5. The van der Waals surface area contributed by atoms with Crippen LogP contribution in [0.25, 0.3) is 0 Å². The van der Waals surface area contributed by atoms with Crippen molar-refractivity contribution in [1.82, 2.24) is 0 Å². The maximum atomic E-state index is 11.2. The molecule has 92 valence electrons. The molecule has 1 aromatic rings. The first-order chi connectivity index (χ1) is 8.18. The Balaban J connectivity index is 2.11. The van der Waals surface area contributed by atoms with Crippen molar-refractivity contribution in [2.75, 3.05) is 6.61 Å². The first-order valence-electron chi connectivity index (χ1n) is 5.15. The summed E-state index contributed by atoms with van der Waals surface area (Å²) in [7, 11) is 0. The molecule has 0 atom stereocenters. The monoisotopic (exact) mass is 239 g/mol. The van der Waals surface area contributed by atoms with Crippen molar-refractivity contribution < 1.29 is 19.5 Å². The zero-order valence-electron chi connectivity index (χ0n) is 9.20. The van der Waals surface area contributed by atoms with E-state index in [0.717, 1.165) is 5.56 Å². The van der Waals surface area contributed by atoms with Crippen LogP contribution in [0.1, 0.15) is 18.4 Å². The van der Waals surface area contributed by atoms with Gasteiger partial charge in [0.2, 0.25) is 0 Å². The van der Waals surface area contributed by atoms with Gasteiger partial charge in [0.1, 0.15) is 6.61 Å². The Morgan fingerprint density at radius 2 is 2.00 bits per heavy atom. The Hall–Kier alpha value is -2.11. The van der Waals surface area contributed by atoms with E-state index in [2.05, 4.69) is 4.84 Å². The van der Waals surface area contributed by atoms with E-state index >= 15 is 0 Å². The Morgan fingerprint density at radius 1 is 1.29 bits per heavy atom. The van der Waals surface area contributed by atoms with E-state index < -0.39 is 5.09 Å². The van der Waals surface area contributed by atoms with E-state index in [1.54, 1.807) is 0 Å². The molecule has 0 radical (unpaired) electrons. The van der Waals surface area contributed by atoms with Crippen molar-refractivity contribution in [2.24, 2.45) is 0 Å². The predicted octanol–water partition coefficient (Wildman–Crippen LogP) is 1.72. The number of esters is 1. The zero-order chi connectivity index (χ0) is 12.5. The minimum Gasteiger partial charge on any atom is -0.461 e. The molecule has 0 saturated carbocycles. The van der Waals surface area contributed by atoms with Gasteiger partial charge in [0.15, 0.2) is 0 Å². The van der Waals surface area contributed by atoms with Gasteiger partial charge in [-0.1, -0.05) is 30.3 Å². The molecule has 0 saturated heterocycles. The minimum absolute atomic E-state index is 0.0898. The first kappa shape index (κ1) is 13.0. The smallest absolute Gasteiger partial charge is 0.306 e. The van der Waals surface area contributed by atoms with Crippen molar-refractivity contribution in [1.29, 1.82) is 0 Å². The van der Waals surface area contributed by atoms with Crippen LogP contribution < -0.4 is 0 Å². The molecule has 6 nitrogen and oxygen atoms in total. The van der Waals surface area contributed by atoms with E-state index in [-0.39, 0.29) is 32.0 Å². The predicted molar refractivity (Wildman–Crippen MR) is 58.4 cm³/mol. The molecule has 0 N–H and O–H groups in total. The van der Waals surface area contributed by atoms with Gasteiger partial charge in [-0.2, -0.15) is 0 Å². The minimum atomic E-state index is -0.880. The van der Waals surface area contributed by atoms with Gasteiger partial charge >= 0.3 is 5.97 Å². The van der Waals surface area contributed by atoms with Gasteiger partial charge in [-0.25, -0.2) is 0 Å². The number of carbonyl (C=O) groups is 1. The maximum absolute atomic E-state index is 11.2. The summed E-state index contributed by atoms with van der Waals surface area (Å²) in [6.45, 7) is 0.128. The number of hydrogen-bond acceptors (Lipinski definition) is 5. The lowest BCUT2D eigenvalue weighted by molar-refractivity contribution is -0.757. The number of nitrogens with zero attached hydrogens (tertiary/aromatic N) is 1. The molecule has 0 aliphatic carbocycles. The van der Waals surface area contributed by atoms with Crippen molar-refractivity contribution in [2.45, 2.75) is 19.4 Å². The molecule has 0 heterocycles. The second-order valence-electron chi connectivity index (χ2n) is 3.31. The Morgan fingerprint density at radius 3 is 2.65 bits per heavy atom. The Kier molecular flexibility index (Phi) is 5.50. The fourth-order valence-corrected chi connectivity index (χ4v) is 1.17. The number of benzene rings is 1. The van der Waals surface area contributed by atoms with Crippen molar-refractivity contribution in [3.8, 4) is 0 Å². The van der Waals surface area contributed by atoms with E-state index in [4.69, 9.17) is 4.74 Å². The third-order valence-electron chi connectivity index (χ3n) is 1.96. The summed E-state index contributed by atoms with van der Waals surface area (Å²) in [6, 6.07) is 9.29. The second kappa shape index (κ2) is 7.21. The van der Waals surface area contributed by atoms with Gasteiger partial charge in [0, 0.05) is 6.42 Å². The van der Waals surface area contributed by atoms with Gasteiger partial charge < -0.3 is 9.57 Å². The number of ether oxygens (including phenoxy) is 1. The maximum Gasteiger partial charge on any atom is 0.306 e. The van der Waals surface area contributed by atoms with Gasteiger partial charge in [-0.3, -0.25) is 4.79 Å². The van der Waals surface area contributed by atoms with E-state index in [9.17, 15) is 14.9 Å². The van der Waals surface area contributed by atoms with Gasteiger partial charge in [0.05, 0.1) is 6.61 Å². The van der Waals surface area contributed by atoms with Crippen molar-refractivity contribution in [3.05, 3.63) is 46.0 Å².